The van der Waals surface area contributed by atoms with Gasteiger partial charge in [0, 0.05) is 18.4 Å². The van der Waals surface area contributed by atoms with Gasteiger partial charge in [-0.2, -0.15) is 4.90 Å². The van der Waals surface area contributed by atoms with Crippen molar-refractivity contribution in [3.63, 3.8) is 0 Å². The van der Waals surface area contributed by atoms with Crippen LogP contribution in [0.4, 0.5) is 15.4 Å². The normalized spacial score (nSPS) is 14.7. The minimum absolute atomic E-state index is 0.00530. The summed E-state index contributed by atoms with van der Waals surface area (Å²) in [6, 6.07) is 7.58. The highest BCUT2D eigenvalue weighted by Gasteiger charge is 2.41. The summed E-state index contributed by atoms with van der Waals surface area (Å²) in [6.07, 6.45) is 5.01. The highest BCUT2D eigenvalue weighted by atomic mass is 32.2. The lowest BCUT2D eigenvalue weighted by atomic mass is 9.95. The first-order chi connectivity index (χ1) is 15.9. The summed E-state index contributed by atoms with van der Waals surface area (Å²) in [7, 11) is -2.01. The molecule has 1 fully saturated rings. The molecule has 0 aliphatic heterocycles. The second-order valence-corrected chi connectivity index (χ2v) is 9.52. The van der Waals surface area contributed by atoms with Gasteiger partial charge >= 0.3 is 12.2 Å². The van der Waals surface area contributed by atoms with Gasteiger partial charge in [0.1, 0.15) is 10.4 Å². The quantitative estimate of drug-likeness (QED) is 0.556. The molecular formula is C22H24N4O6S. The Labute approximate surface area is 191 Å². The Balaban J connectivity index is 2.13. The van der Waals surface area contributed by atoms with Crippen LogP contribution in [0.25, 0.3) is 11.2 Å². The van der Waals surface area contributed by atoms with Crippen molar-refractivity contribution in [3.05, 3.63) is 42.7 Å². The summed E-state index contributed by atoms with van der Waals surface area (Å²) in [5.41, 5.74) is 0.339. The summed E-state index contributed by atoms with van der Waals surface area (Å²) < 4.78 is 39.1. The van der Waals surface area contributed by atoms with Crippen molar-refractivity contribution in [2.24, 2.45) is 0 Å². The topological polar surface area (TPSA) is 121 Å². The first-order valence-electron chi connectivity index (χ1n) is 10.5. The Morgan fingerprint density at radius 1 is 0.970 bits per heavy atom. The smallest absolute Gasteiger partial charge is 0.424 e. The average Bonchev–Trinajstić information content (AvgIpc) is 3.20. The maximum absolute atomic E-state index is 13.9. The molecule has 0 N–H and O–H groups in total. The molecular weight excluding hydrogens is 448 g/mol. The second kappa shape index (κ2) is 9.18. The number of nitrogens with zero attached hydrogens (tertiary/aromatic N) is 4. The molecule has 1 aliphatic carbocycles. The Kier molecular flexibility index (Phi) is 6.32. The van der Waals surface area contributed by atoms with Crippen molar-refractivity contribution in [1.82, 2.24) is 14.5 Å². The number of amides is 2. The zero-order valence-corrected chi connectivity index (χ0v) is 19.1. The van der Waals surface area contributed by atoms with Crippen LogP contribution >= 0.6 is 0 Å². The van der Waals surface area contributed by atoms with E-state index in [4.69, 9.17) is 9.47 Å². The number of carbonyl (C=O) groups is 2. The number of anilines is 1. The molecule has 2 aromatic heterocycles. The number of fused-ring (bicyclic) bond motifs is 1. The largest absolute Gasteiger partial charge is 0.452 e. The van der Waals surface area contributed by atoms with Gasteiger partial charge < -0.3 is 14.0 Å². The van der Waals surface area contributed by atoms with E-state index in [0.29, 0.717) is 4.90 Å². The summed E-state index contributed by atoms with van der Waals surface area (Å²) in [4.78, 5) is 34.6. The van der Waals surface area contributed by atoms with Crippen molar-refractivity contribution in [3.8, 4) is 0 Å². The lowest BCUT2D eigenvalue weighted by molar-refractivity contribution is 0.158. The van der Waals surface area contributed by atoms with E-state index in [1.807, 2.05) is 0 Å². The number of imide groups is 1. The molecule has 0 spiro atoms. The maximum Gasteiger partial charge on any atom is 0.424 e. The third kappa shape index (κ3) is 3.92. The molecule has 3 aromatic rings. The second-order valence-electron chi connectivity index (χ2n) is 7.64. The summed E-state index contributed by atoms with van der Waals surface area (Å²) >= 11 is 0. The zero-order chi connectivity index (χ0) is 23.6. The number of sulfone groups is 1. The molecule has 1 aliphatic rings. The van der Waals surface area contributed by atoms with E-state index in [1.165, 1.54) is 24.5 Å². The minimum atomic E-state index is -4.22. The predicted molar refractivity (Wildman–Crippen MR) is 119 cm³/mol. The van der Waals surface area contributed by atoms with Gasteiger partial charge in [0.15, 0.2) is 11.5 Å². The van der Waals surface area contributed by atoms with Gasteiger partial charge in [0.05, 0.1) is 19.1 Å². The number of ether oxygens (including phenoxy) is 2. The van der Waals surface area contributed by atoms with Crippen LogP contribution < -0.4 is 4.90 Å². The third-order valence-corrected chi connectivity index (χ3v) is 7.55. The fourth-order valence-electron chi connectivity index (χ4n) is 4.27. The Bertz CT molecular complexity index is 1270. The van der Waals surface area contributed by atoms with Crippen molar-refractivity contribution in [1.29, 1.82) is 0 Å². The molecule has 0 radical (unpaired) electrons. The number of benzene rings is 1. The van der Waals surface area contributed by atoms with Gasteiger partial charge in [-0.15, -0.1) is 0 Å². The van der Waals surface area contributed by atoms with Crippen molar-refractivity contribution in [2.75, 3.05) is 19.1 Å². The van der Waals surface area contributed by atoms with E-state index in [-0.39, 0.29) is 32.8 Å². The first kappa shape index (κ1) is 22.7. The highest BCUT2D eigenvalue weighted by Crippen LogP contribution is 2.43. The van der Waals surface area contributed by atoms with Crippen molar-refractivity contribution in [2.45, 2.75) is 47.9 Å². The number of hydrogen-bond acceptors (Lipinski definition) is 8. The number of hydrogen-bond donors (Lipinski definition) is 0. The minimum Gasteiger partial charge on any atom is -0.452 e. The van der Waals surface area contributed by atoms with E-state index < -0.39 is 22.0 Å². The first-order valence-corrected chi connectivity index (χ1v) is 12.0. The van der Waals surface area contributed by atoms with Crippen LogP contribution in [0, 0.1) is 0 Å². The number of aromatic nitrogens is 3. The number of methoxy groups -OCH3 is 2. The summed E-state index contributed by atoms with van der Waals surface area (Å²) in [5, 5.41) is 0. The van der Waals surface area contributed by atoms with Gasteiger partial charge in [-0.1, -0.05) is 37.5 Å². The van der Waals surface area contributed by atoms with Gasteiger partial charge in [-0.25, -0.2) is 28.0 Å². The summed E-state index contributed by atoms with van der Waals surface area (Å²) in [6.45, 7) is 0. The van der Waals surface area contributed by atoms with Crippen LogP contribution in [0.15, 0.2) is 52.5 Å². The number of carbonyl (C=O) groups excluding carboxylic acids is 2. The number of rotatable bonds is 4. The molecule has 0 saturated heterocycles. The van der Waals surface area contributed by atoms with Crippen LogP contribution in [-0.4, -0.2) is 49.4 Å². The fraction of sp³-hybridized carbons (Fsp3) is 0.364. The highest BCUT2D eigenvalue weighted by molar-refractivity contribution is 7.92. The summed E-state index contributed by atoms with van der Waals surface area (Å²) in [5.74, 6) is -0.175. The van der Waals surface area contributed by atoms with Gasteiger partial charge in [-0.3, -0.25) is 0 Å². The maximum atomic E-state index is 13.9. The van der Waals surface area contributed by atoms with Gasteiger partial charge in [-0.05, 0) is 25.0 Å². The molecule has 4 rings (SSSR count). The average molecular weight is 473 g/mol. The molecule has 1 aromatic carbocycles. The molecule has 11 heteroatoms. The monoisotopic (exact) mass is 472 g/mol. The molecule has 0 unspecified atom stereocenters. The molecule has 2 amide bonds. The molecule has 0 bridgehead atoms. The lowest BCUT2D eigenvalue weighted by Crippen LogP contribution is -2.39. The fourth-order valence-corrected chi connectivity index (χ4v) is 5.85. The molecule has 33 heavy (non-hydrogen) atoms. The standard InChI is InChI=1S/C22H24N4O6S/c1-31-21(27)26(22(28)32-2)20-18(33(29,30)16-11-7-4-8-12-16)17-19(24-14-13-23-17)25(20)15-9-5-3-6-10-15/h4,7-8,11-15H,3,5-6,9-10H2,1-2H3. The molecule has 10 nitrogen and oxygen atoms in total. The zero-order valence-electron chi connectivity index (χ0n) is 18.3. The van der Waals surface area contributed by atoms with Crippen LogP contribution in [0.2, 0.25) is 0 Å². The molecule has 1 saturated carbocycles. The van der Waals surface area contributed by atoms with Crippen LogP contribution in [0.3, 0.4) is 0 Å². The van der Waals surface area contributed by atoms with Crippen LogP contribution in [-0.2, 0) is 19.3 Å². The van der Waals surface area contributed by atoms with E-state index in [9.17, 15) is 18.0 Å². The Hall–Kier alpha value is -3.47. The van der Waals surface area contributed by atoms with Gasteiger partial charge in [0.2, 0.25) is 9.84 Å². The van der Waals surface area contributed by atoms with Crippen molar-refractivity contribution < 1.29 is 27.5 Å². The Morgan fingerprint density at radius 2 is 1.58 bits per heavy atom. The molecule has 0 atom stereocenters. The van der Waals surface area contributed by atoms with E-state index >= 15 is 0 Å². The lowest BCUT2D eigenvalue weighted by Gasteiger charge is -2.28. The third-order valence-electron chi connectivity index (χ3n) is 5.74. The van der Waals surface area contributed by atoms with Crippen LogP contribution in [0.1, 0.15) is 38.1 Å². The SMILES string of the molecule is COC(=O)N(C(=O)OC)c1c(S(=O)(=O)c2ccccc2)c2nccnc2n1C1CCCCC1. The predicted octanol–water partition coefficient (Wildman–Crippen LogP) is 4.11. The van der Waals surface area contributed by atoms with E-state index in [2.05, 4.69) is 9.97 Å². The Morgan fingerprint density at radius 3 is 2.18 bits per heavy atom. The van der Waals surface area contributed by atoms with E-state index in [0.717, 1.165) is 46.3 Å². The van der Waals surface area contributed by atoms with E-state index in [1.54, 1.807) is 22.8 Å². The molecule has 174 valence electrons. The van der Waals surface area contributed by atoms with Crippen LogP contribution in [0.5, 0.6) is 0 Å². The van der Waals surface area contributed by atoms with Crippen molar-refractivity contribution >= 4 is 39.0 Å². The molecule has 2 heterocycles. The van der Waals surface area contributed by atoms with Gasteiger partial charge in [0.25, 0.3) is 0 Å².